The third-order valence-electron chi connectivity index (χ3n) is 4.90. The van der Waals surface area contributed by atoms with Crippen molar-refractivity contribution in [1.82, 2.24) is 9.97 Å². The van der Waals surface area contributed by atoms with Gasteiger partial charge in [-0.2, -0.15) is 4.98 Å². The molecule has 0 aliphatic heterocycles. The Morgan fingerprint density at radius 1 is 1.19 bits per heavy atom. The molecule has 0 amide bonds. The molecule has 3 rings (SSSR count). The smallest absolute Gasteiger partial charge is 0.224 e. The second-order valence-corrected chi connectivity index (χ2v) is 6.02. The first-order valence-corrected chi connectivity index (χ1v) is 7.94. The van der Waals surface area contributed by atoms with Crippen LogP contribution in [-0.2, 0) is 0 Å². The van der Waals surface area contributed by atoms with Crippen molar-refractivity contribution in [3.05, 3.63) is 24.3 Å². The van der Waals surface area contributed by atoms with Crippen molar-refractivity contribution < 1.29 is 0 Å². The summed E-state index contributed by atoms with van der Waals surface area (Å²) in [5.74, 6) is 3.16. The van der Waals surface area contributed by atoms with Crippen LogP contribution in [-0.4, -0.2) is 23.1 Å². The molecule has 21 heavy (non-hydrogen) atoms. The number of rotatable bonds is 4. The zero-order chi connectivity index (χ0) is 14.8. The standard InChI is InChI=1S/C17H24N4/c1-4-12-9-10-14(11(12)2)19-16-13-7-5-6-8-15(13)20-17(18-3)21-16/h5-8,11-12,14H,4,9-10H2,1-3H3,(H2,18,19,20,21). The monoisotopic (exact) mass is 284 g/mol. The van der Waals surface area contributed by atoms with Crippen LogP contribution in [0.1, 0.15) is 33.1 Å². The van der Waals surface area contributed by atoms with E-state index in [1.807, 2.05) is 25.2 Å². The van der Waals surface area contributed by atoms with Crippen LogP contribution < -0.4 is 10.6 Å². The van der Waals surface area contributed by atoms with E-state index in [4.69, 9.17) is 0 Å². The minimum absolute atomic E-state index is 0.512. The molecule has 0 bridgehead atoms. The Balaban J connectivity index is 1.93. The fourth-order valence-corrected chi connectivity index (χ4v) is 3.50. The second-order valence-electron chi connectivity index (χ2n) is 6.02. The van der Waals surface area contributed by atoms with E-state index in [2.05, 4.69) is 40.5 Å². The highest BCUT2D eigenvalue weighted by Gasteiger charge is 2.31. The van der Waals surface area contributed by atoms with E-state index in [1.165, 1.54) is 19.3 Å². The Morgan fingerprint density at radius 2 is 2.00 bits per heavy atom. The molecule has 4 heteroatoms. The van der Waals surface area contributed by atoms with Crippen LogP contribution >= 0.6 is 0 Å². The first-order chi connectivity index (χ1) is 10.2. The molecule has 112 valence electrons. The van der Waals surface area contributed by atoms with Crippen molar-refractivity contribution in [3.63, 3.8) is 0 Å². The summed E-state index contributed by atoms with van der Waals surface area (Å²) in [6, 6.07) is 8.70. The lowest BCUT2D eigenvalue weighted by Crippen LogP contribution is -2.25. The number of nitrogens with one attached hydrogen (secondary N) is 2. The number of para-hydroxylation sites is 1. The van der Waals surface area contributed by atoms with Gasteiger partial charge in [0.25, 0.3) is 0 Å². The Kier molecular flexibility index (Phi) is 3.95. The quantitative estimate of drug-likeness (QED) is 0.893. The Hall–Kier alpha value is -1.84. The molecule has 3 unspecified atom stereocenters. The Bertz CT molecular complexity index is 625. The molecule has 1 fully saturated rings. The molecule has 1 aliphatic carbocycles. The van der Waals surface area contributed by atoms with Crippen LogP contribution in [0.25, 0.3) is 10.9 Å². The molecule has 1 aromatic heterocycles. The number of hydrogen-bond donors (Lipinski definition) is 2. The highest BCUT2D eigenvalue weighted by Crippen LogP contribution is 2.36. The van der Waals surface area contributed by atoms with Gasteiger partial charge in [0.15, 0.2) is 0 Å². The summed E-state index contributed by atoms with van der Waals surface area (Å²) in [5, 5.41) is 7.84. The SMILES string of the molecule is CCC1CCC(Nc2nc(NC)nc3ccccc23)C1C. The zero-order valence-corrected chi connectivity index (χ0v) is 13.1. The lowest BCUT2D eigenvalue weighted by Gasteiger charge is -2.22. The van der Waals surface area contributed by atoms with Gasteiger partial charge in [-0.05, 0) is 36.8 Å². The van der Waals surface area contributed by atoms with Gasteiger partial charge >= 0.3 is 0 Å². The lowest BCUT2D eigenvalue weighted by molar-refractivity contribution is 0.391. The van der Waals surface area contributed by atoms with Crippen LogP contribution in [0.5, 0.6) is 0 Å². The fourth-order valence-electron chi connectivity index (χ4n) is 3.50. The van der Waals surface area contributed by atoms with Gasteiger partial charge < -0.3 is 10.6 Å². The molecule has 1 heterocycles. The van der Waals surface area contributed by atoms with Crippen molar-refractivity contribution >= 4 is 22.7 Å². The molecule has 2 N–H and O–H groups in total. The molecule has 3 atom stereocenters. The Morgan fingerprint density at radius 3 is 2.71 bits per heavy atom. The maximum atomic E-state index is 4.63. The predicted octanol–water partition coefficient (Wildman–Crippen LogP) is 3.91. The largest absolute Gasteiger partial charge is 0.366 e. The highest BCUT2D eigenvalue weighted by molar-refractivity contribution is 5.90. The Labute approximate surface area is 126 Å². The van der Waals surface area contributed by atoms with Gasteiger partial charge in [0.2, 0.25) is 5.95 Å². The van der Waals surface area contributed by atoms with Crippen LogP contribution in [0.3, 0.4) is 0 Å². The van der Waals surface area contributed by atoms with E-state index in [1.54, 1.807) is 0 Å². The number of fused-ring (bicyclic) bond motifs is 1. The number of benzene rings is 1. The normalized spacial score (nSPS) is 25.2. The second kappa shape index (κ2) is 5.88. The maximum absolute atomic E-state index is 4.63. The van der Waals surface area contributed by atoms with Gasteiger partial charge in [0, 0.05) is 18.5 Å². The van der Waals surface area contributed by atoms with Crippen molar-refractivity contribution in [2.24, 2.45) is 11.8 Å². The molecule has 0 spiro atoms. The first-order valence-electron chi connectivity index (χ1n) is 7.94. The van der Waals surface area contributed by atoms with Crippen LogP contribution in [0.2, 0.25) is 0 Å². The van der Waals surface area contributed by atoms with E-state index in [0.717, 1.165) is 22.6 Å². The van der Waals surface area contributed by atoms with Gasteiger partial charge in [-0.1, -0.05) is 32.4 Å². The number of anilines is 2. The van der Waals surface area contributed by atoms with E-state index in [-0.39, 0.29) is 0 Å². The molecule has 4 nitrogen and oxygen atoms in total. The highest BCUT2D eigenvalue weighted by atomic mass is 15.1. The summed E-state index contributed by atoms with van der Waals surface area (Å²) in [4.78, 5) is 9.15. The molecule has 2 aromatic rings. The van der Waals surface area contributed by atoms with E-state index < -0.39 is 0 Å². The average Bonchev–Trinajstić information content (AvgIpc) is 2.87. The summed E-state index contributed by atoms with van der Waals surface area (Å²) in [7, 11) is 1.86. The fraction of sp³-hybridized carbons (Fsp3) is 0.529. The number of aromatic nitrogens is 2. The number of nitrogens with zero attached hydrogens (tertiary/aromatic N) is 2. The molecule has 0 radical (unpaired) electrons. The van der Waals surface area contributed by atoms with E-state index in [0.29, 0.717) is 17.9 Å². The topological polar surface area (TPSA) is 49.8 Å². The van der Waals surface area contributed by atoms with Gasteiger partial charge in [0.1, 0.15) is 5.82 Å². The summed E-state index contributed by atoms with van der Waals surface area (Å²) < 4.78 is 0. The molecular weight excluding hydrogens is 260 g/mol. The first kappa shape index (κ1) is 14.1. The van der Waals surface area contributed by atoms with E-state index in [9.17, 15) is 0 Å². The zero-order valence-electron chi connectivity index (χ0n) is 13.1. The minimum Gasteiger partial charge on any atom is -0.366 e. The van der Waals surface area contributed by atoms with Gasteiger partial charge in [-0.15, -0.1) is 0 Å². The molecule has 0 saturated heterocycles. The molecule has 1 aromatic carbocycles. The van der Waals surface area contributed by atoms with Crippen molar-refractivity contribution in [2.45, 2.75) is 39.2 Å². The third-order valence-corrected chi connectivity index (χ3v) is 4.90. The predicted molar refractivity (Wildman–Crippen MR) is 88.7 cm³/mol. The van der Waals surface area contributed by atoms with Crippen LogP contribution in [0, 0.1) is 11.8 Å². The number of hydrogen-bond acceptors (Lipinski definition) is 4. The third kappa shape index (κ3) is 2.67. The van der Waals surface area contributed by atoms with Crippen molar-refractivity contribution in [3.8, 4) is 0 Å². The maximum Gasteiger partial charge on any atom is 0.224 e. The molecule has 1 aliphatic rings. The van der Waals surface area contributed by atoms with Gasteiger partial charge in [-0.3, -0.25) is 0 Å². The van der Waals surface area contributed by atoms with E-state index >= 15 is 0 Å². The van der Waals surface area contributed by atoms with Crippen molar-refractivity contribution in [2.75, 3.05) is 17.7 Å². The summed E-state index contributed by atoms with van der Waals surface area (Å²) in [5.41, 5.74) is 0.983. The van der Waals surface area contributed by atoms with Crippen LogP contribution in [0.4, 0.5) is 11.8 Å². The molecule has 1 saturated carbocycles. The summed E-state index contributed by atoms with van der Waals surface area (Å²) >= 11 is 0. The molecular formula is C17H24N4. The average molecular weight is 284 g/mol. The van der Waals surface area contributed by atoms with Crippen LogP contribution in [0.15, 0.2) is 24.3 Å². The summed E-state index contributed by atoms with van der Waals surface area (Å²) in [6.45, 7) is 4.66. The van der Waals surface area contributed by atoms with Crippen molar-refractivity contribution in [1.29, 1.82) is 0 Å². The van der Waals surface area contributed by atoms with Gasteiger partial charge in [-0.25, -0.2) is 4.98 Å². The summed E-state index contributed by atoms with van der Waals surface area (Å²) in [6.07, 6.45) is 3.82. The van der Waals surface area contributed by atoms with Gasteiger partial charge in [0.05, 0.1) is 5.52 Å². The lowest BCUT2D eigenvalue weighted by atomic mass is 9.93. The minimum atomic E-state index is 0.512.